The van der Waals surface area contributed by atoms with E-state index in [0.29, 0.717) is 0 Å². The highest BCUT2D eigenvalue weighted by molar-refractivity contribution is 7.99. The van der Waals surface area contributed by atoms with E-state index in [9.17, 15) is 0 Å². The number of pyridine rings is 2. The number of hydrogen-bond donors (Lipinski definition) is 0. The fraction of sp³-hybridized carbons (Fsp3) is 0.208. The van der Waals surface area contributed by atoms with Gasteiger partial charge in [0, 0.05) is 48.4 Å². The summed E-state index contributed by atoms with van der Waals surface area (Å²) in [7, 11) is 2.10. The zero-order valence-corrected chi connectivity index (χ0v) is 17.8. The minimum absolute atomic E-state index is 0.802. The molecule has 0 radical (unpaired) electrons. The second kappa shape index (κ2) is 8.62. The van der Waals surface area contributed by atoms with E-state index >= 15 is 0 Å². The highest BCUT2D eigenvalue weighted by atomic mass is 32.2. The Kier molecular flexibility index (Phi) is 5.76. The van der Waals surface area contributed by atoms with Crippen LogP contribution in [0.5, 0.6) is 0 Å². The van der Waals surface area contributed by atoms with Crippen molar-refractivity contribution in [2.24, 2.45) is 4.99 Å². The van der Waals surface area contributed by atoms with Crippen molar-refractivity contribution < 1.29 is 0 Å². The molecule has 4 nitrogen and oxygen atoms in total. The molecular formula is C24H24N4S. The van der Waals surface area contributed by atoms with Crippen LogP contribution >= 0.6 is 11.9 Å². The average Bonchev–Trinajstić information content (AvgIpc) is 2.74. The van der Waals surface area contributed by atoms with Crippen molar-refractivity contribution >= 4 is 28.9 Å². The van der Waals surface area contributed by atoms with Crippen molar-refractivity contribution in [3.05, 3.63) is 95.2 Å². The van der Waals surface area contributed by atoms with Gasteiger partial charge in [-0.1, -0.05) is 36.4 Å². The van der Waals surface area contributed by atoms with Crippen molar-refractivity contribution in [3.63, 3.8) is 0 Å². The zero-order valence-electron chi connectivity index (χ0n) is 17.0. The van der Waals surface area contributed by atoms with Crippen LogP contribution in [-0.4, -0.2) is 22.7 Å². The Hall–Kier alpha value is -2.92. The van der Waals surface area contributed by atoms with Crippen molar-refractivity contribution in [1.82, 2.24) is 9.97 Å². The number of nitrogens with zero attached hydrogens (tertiary/aromatic N) is 4. The molecule has 0 aliphatic carbocycles. The molecule has 4 rings (SSSR count). The quantitative estimate of drug-likeness (QED) is 0.487. The molecule has 5 heteroatoms. The number of allylic oxidation sites excluding steroid dienone is 2. The van der Waals surface area contributed by atoms with Crippen LogP contribution in [0.15, 0.2) is 77.7 Å². The molecule has 146 valence electrons. The molecule has 0 atom stereocenters. The van der Waals surface area contributed by atoms with E-state index in [0.717, 1.165) is 46.2 Å². The van der Waals surface area contributed by atoms with Gasteiger partial charge in [-0.3, -0.25) is 15.0 Å². The van der Waals surface area contributed by atoms with Crippen LogP contribution < -0.4 is 4.31 Å². The normalized spacial score (nSPS) is 13.1. The van der Waals surface area contributed by atoms with E-state index in [1.165, 1.54) is 11.1 Å². The molecule has 2 aromatic heterocycles. The van der Waals surface area contributed by atoms with Gasteiger partial charge >= 0.3 is 0 Å². The number of benzene rings is 1. The number of aromatic nitrogens is 2. The van der Waals surface area contributed by atoms with Crippen molar-refractivity contribution in [1.29, 1.82) is 0 Å². The summed E-state index contributed by atoms with van der Waals surface area (Å²) in [5, 5.41) is 0. The van der Waals surface area contributed by atoms with Crippen LogP contribution in [0.2, 0.25) is 0 Å². The minimum Gasteiger partial charge on any atom is -0.317 e. The molecule has 0 amide bonds. The van der Waals surface area contributed by atoms with Crippen LogP contribution in [0.3, 0.4) is 0 Å². The van der Waals surface area contributed by atoms with Gasteiger partial charge < -0.3 is 4.31 Å². The molecule has 0 fully saturated rings. The lowest BCUT2D eigenvalue weighted by Crippen LogP contribution is -2.14. The lowest BCUT2D eigenvalue weighted by atomic mass is 9.96. The maximum Gasteiger partial charge on any atom is 0.0692 e. The second-order valence-electron chi connectivity index (χ2n) is 7.10. The van der Waals surface area contributed by atoms with E-state index < -0.39 is 0 Å². The fourth-order valence-electron chi connectivity index (χ4n) is 3.52. The summed E-state index contributed by atoms with van der Waals surface area (Å²) in [6, 6.07) is 18.8. The molecule has 29 heavy (non-hydrogen) atoms. The average molecular weight is 401 g/mol. The maximum atomic E-state index is 4.86. The summed E-state index contributed by atoms with van der Waals surface area (Å²) >= 11 is 1.74. The Labute approximate surface area is 176 Å². The third-order valence-electron chi connectivity index (χ3n) is 4.98. The molecule has 0 unspecified atom stereocenters. The van der Waals surface area contributed by atoms with Gasteiger partial charge in [-0.2, -0.15) is 0 Å². The Morgan fingerprint density at radius 1 is 0.966 bits per heavy atom. The van der Waals surface area contributed by atoms with Gasteiger partial charge in [-0.25, -0.2) is 0 Å². The molecule has 3 aromatic rings. The molecule has 1 aromatic carbocycles. The topological polar surface area (TPSA) is 41.4 Å². The van der Waals surface area contributed by atoms with Gasteiger partial charge in [0.15, 0.2) is 0 Å². The standard InChI is InChI=1S/C24H24N4S/c1-17-24(18(2)27-17)20-14-23(28(3)29-16-21-11-7-8-12-25-21)22(26-15-20)13-19-9-5-4-6-10-19/h4-12,14-15H,13,16H2,1-3H3. The lowest BCUT2D eigenvalue weighted by molar-refractivity contribution is 1.05. The minimum atomic E-state index is 0.802. The summed E-state index contributed by atoms with van der Waals surface area (Å²) in [6.45, 7) is 4.11. The molecule has 1 aliphatic heterocycles. The number of rotatable bonds is 7. The van der Waals surface area contributed by atoms with Gasteiger partial charge in [-0.05, 0) is 49.6 Å². The SMILES string of the molecule is CC1=NC(C)=C1c1cnc(Cc2ccccc2)c(N(C)SCc2ccccn2)c1. The molecule has 0 saturated heterocycles. The van der Waals surface area contributed by atoms with Crippen molar-refractivity contribution in [2.45, 2.75) is 26.0 Å². The largest absolute Gasteiger partial charge is 0.317 e. The third-order valence-corrected chi connectivity index (χ3v) is 5.99. The van der Waals surface area contributed by atoms with Gasteiger partial charge in [-0.15, -0.1) is 0 Å². The van der Waals surface area contributed by atoms with E-state index in [2.05, 4.69) is 71.6 Å². The molecule has 0 spiro atoms. The first-order chi connectivity index (χ1) is 14.1. The smallest absolute Gasteiger partial charge is 0.0692 e. The molecule has 3 heterocycles. The van der Waals surface area contributed by atoms with Crippen molar-refractivity contribution in [2.75, 3.05) is 11.4 Å². The predicted octanol–water partition coefficient (Wildman–Crippen LogP) is 5.56. The highest BCUT2D eigenvalue weighted by Crippen LogP contribution is 2.34. The number of hydrogen-bond acceptors (Lipinski definition) is 5. The molecule has 0 saturated carbocycles. The summed E-state index contributed by atoms with van der Waals surface area (Å²) < 4.78 is 2.21. The number of anilines is 1. The number of aliphatic imine (C=N–C) groups is 1. The lowest BCUT2D eigenvalue weighted by Gasteiger charge is -2.24. The Morgan fingerprint density at radius 2 is 1.76 bits per heavy atom. The third kappa shape index (κ3) is 4.40. The Morgan fingerprint density at radius 3 is 2.45 bits per heavy atom. The molecule has 0 bridgehead atoms. The van der Waals surface area contributed by atoms with E-state index in [-0.39, 0.29) is 0 Å². The maximum absolute atomic E-state index is 4.86. The summed E-state index contributed by atoms with van der Waals surface area (Å²) in [6.07, 6.45) is 4.62. The van der Waals surface area contributed by atoms with Gasteiger partial charge in [0.1, 0.15) is 0 Å². The van der Waals surface area contributed by atoms with E-state index in [1.807, 2.05) is 30.6 Å². The van der Waals surface area contributed by atoms with Gasteiger partial charge in [0.05, 0.1) is 22.8 Å². The monoisotopic (exact) mass is 400 g/mol. The predicted molar refractivity (Wildman–Crippen MR) is 123 cm³/mol. The summed E-state index contributed by atoms with van der Waals surface area (Å²) in [4.78, 5) is 13.8. The first-order valence-electron chi connectivity index (χ1n) is 9.68. The van der Waals surface area contributed by atoms with Crippen LogP contribution in [0.4, 0.5) is 5.69 Å². The molecule has 0 N–H and O–H groups in total. The van der Waals surface area contributed by atoms with E-state index in [1.54, 1.807) is 11.9 Å². The molecule has 1 aliphatic rings. The summed E-state index contributed by atoms with van der Waals surface area (Å²) in [5.74, 6) is 0.814. The molecular weight excluding hydrogens is 376 g/mol. The Bertz CT molecular complexity index is 1060. The van der Waals surface area contributed by atoms with Crippen LogP contribution in [0, 0.1) is 0 Å². The van der Waals surface area contributed by atoms with Gasteiger partial charge in [0.25, 0.3) is 0 Å². The summed E-state index contributed by atoms with van der Waals surface area (Å²) in [5.41, 5.74) is 9.04. The fourth-order valence-corrected chi connectivity index (χ4v) is 4.32. The first kappa shape index (κ1) is 19.4. The highest BCUT2D eigenvalue weighted by Gasteiger charge is 2.20. The van der Waals surface area contributed by atoms with Crippen molar-refractivity contribution in [3.8, 4) is 0 Å². The van der Waals surface area contributed by atoms with Crippen LogP contribution in [-0.2, 0) is 12.2 Å². The van der Waals surface area contributed by atoms with E-state index in [4.69, 9.17) is 4.98 Å². The first-order valence-corrected chi connectivity index (χ1v) is 10.6. The van der Waals surface area contributed by atoms with Crippen LogP contribution in [0.1, 0.15) is 36.4 Å². The van der Waals surface area contributed by atoms with Gasteiger partial charge in [0.2, 0.25) is 0 Å². The van der Waals surface area contributed by atoms with Crippen LogP contribution in [0.25, 0.3) is 5.57 Å². The second-order valence-corrected chi connectivity index (χ2v) is 8.20. The zero-order chi connectivity index (χ0) is 20.2. The Balaban J connectivity index is 1.63.